The van der Waals surface area contributed by atoms with Crippen LogP contribution in [0.3, 0.4) is 0 Å². The molecule has 2 rings (SSSR count). The molecule has 0 aliphatic carbocycles. The van der Waals surface area contributed by atoms with Crippen molar-refractivity contribution in [1.29, 1.82) is 0 Å². The lowest BCUT2D eigenvalue weighted by atomic mass is 10.0. The molecule has 2 N–H and O–H groups in total. The van der Waals surface area contributed by atoms with Crippen LogP contribution in [0.4, 0.5) is 0 Å². The van der Waals surface area contributed by atoms with Gasteiger partial charge in [-0.3, -0.25) is 4.90 Å². The van der Waals surface area contributed by atoms with Crippen molar-refractivity contribution in [2.45, 2.75) is 25.9 Å². The minimum atomic E-state index is 0.395. The summed E-state index contributed by atoms with van der Waals surface area (Å²) >= 11 is 0. The molecule has 0 spiro atoms. The van der Waals surface area contributed by atoms with Crippen molar-refractivity contribution >= 4 is 0 Å². The van der Waals surface area contributed by atoms with Gasteiger partial charge in [0.2, 0.25) is 0 Å². The number of hydrogen-bond acceptors (Lipinski definition) is 2. The van der Waals surface area contributed by atoms with Crippen molar-refractivity contribution in [2.75, 3.05) is 13.1 Å². The van der Waals surface area contributed by atoms with Crippen LogP contribution < -0.4 is 5.73 Å². The van der Waals surface area contributed by atoms with Gasteiger partial charge in [-0.05, 0) is 30.6 Å². The van der Waals surface area contributed by atoms with E-state index in [4.69, 9.17) is 5.73 Å². The second kappa shape index (κ2) is 7.83. The van der Waals surface area contributed by atoms with Crippen LogP contribution >= 0.6 is 0 Å². The van der Waals surface area contributed by atoms with Gasteiger partial charge in [0.05, 0.1) is 0 Å². The van der Waals surface area contributed by atoms with Crippen LogP contribution in [0.5, 0.6) is 0 Å². The van der Waals surface area contributed by atoms with Gasteiger partial charge in [0.1, 0.15) is 0 Å². The fraction of sp³-hybridized carbons (Fsp3) is 0.333. The summed E-state index contributed by atoms with van der Waals surface area (Å²) in [6.45, 7) is 4.92. The van der Waals surface area contributed by atoms with Crippen molar-refractivity contribution in [3.8, 4) is 0 Å². The van der Waals surface area contributed by atoms with E-state index >= 15 is 0 Å². The second-order valence-corrected chi connectivity index (χ2v) is 5.05. The summed E-state index contributed by atoms with van der Waals surface area (Å²) in [7, 11) is 0. The molecule has 1 atom stereocenters. The molecule has 0 bridgehead atoms. The van der Waals surface area contributed by atoms with Gasteiger partial charge in [-0.25, -0.2) is 0 Å². The molecule has 1 unspecified atom stereocenters. The van der Waals surface area contributed by atoms with Crippen molar-refractivity contribution in [2.24, 2.45) is 5.73 Å². The molecule has 0 saturated carbocycles. The topological polar surface area (TPSA) is 29.3 Å². The molecule has 106 valence electrons. The van der Waals surface area contributed by atoms with E-state index in [1.165, 1.54) is 11.1 Å². The van der Waals surface area contributed by atoms with Gasteiger partial charge in [-0.15, -0.1) is 0 Å². The number of rotatable bonds is 7. The molecule has 0 aromatic heterocycles. The predicted octanol–water partition coefficient (Wildman–Crippen LogP) is 3.60. The first-order chi connectivity index (χ1) is 9.85. The highest BCUT2D eigenvalue weighted by atomic mass is 15.1. The molecule has 2 aromatic carbocycles. The van der Waals surface area contributed by atoms with Crippen LogP contribution in [0.2, 0.25) is 0 Å². The Labute approximate surface area is 122 Å². The van der Waals surface area contributed by atoms with Gasteiger partial charge < -0.3 is 5.73 Å². The van der Waals surface area contributed by atoms with Crippen LogP contribution in [0.25, 0.3) is 0 Å². The third kappa shape index (κ3) is 3.92. The molecule has 0 saturated heterocycles. The Balaban J connectivity index is 2.17. The van der Waals surface area contributed by atoms with E-state index in [9.17, 15) is 0 Å². The Morgan fingerprint density at radius 1 is 0.950 bits per heavy atom. The maximum atomic E-state index is 5.83. The first kappa shape index (κ1) is 14.8. The van der Waals surface area contributed by atoms with E-state index < -0.39 is 0 Å². The molecule has 0 heterocycles. The summed E-state index contributed by atoms with van der Waals surface area (Å²) < 4.78 is 0. The zero-order chi connectivity index (χ0) is 14.2. The van der Waals surface area contributed by atoms with Gasteiger partial charge in [0.15, 0.2) is 0 Å². The molecule has 0 amide bonds. The summed E-state index contributed by atoms with van der Waals surface area (Å²) in [5.74, 6) is 0. The minimum Gasteiger partial charge on any atom is -0.330 e. The van der Waals surface area contributed by atoms with E-state index in [0.717, 1.165) is 19.5 Å². The number of benzene rings is 2. The molecule has 2 aromatic rings. The molecule has 0 aliphatic heterocycles. The van der Waals surface area contributed by atoms with E-state index in [0.29, 0.717) is 12.6 Å². The fourth-order valence-corrected chi connectivity index (χ4v) is 2.65. The summed E-state index contributed by atoms with van der Waals surface area (Å²) in [5, 5.41) is 0. The molecular formula is C18H24N2. The molecule has 0 fully saturated rings. The number of nitrogens with zero attached hydrogens (tertiary/aromatic N) is 1. The summed E-state index contributed by atoms with van der Waals surface area (Å²) in [6, 6.07) is 21.7. The van der Waals surface area contributed by atoms with Gasteiger partial charge in [-0.1, -0.05) is 67.6 Å². The van der Waals surface area contributed by atoms with E-state index in [2.05, 4.69) is 72.5 Å². The average molecular weight is 268 g/mol. The van der Waals surface area contributed by atoms with Gasteiger partial charge in [0.25, 0.3) is 0 Å². The molecule has 2 heteroatoms. The molecular weight excluding hydrogens is 244 g/mol. The second-order valence-electron chi connectivity index (χ2n) is 5.05. The lowest BCUT2D eigenvalue weighted by Gasteiger charge is -2.31. The van der Waals surface area contributed by atoms with Crippen LogP contribution in [0, 0.1) is 0 Å². The highest BCUT2D eigenvalue weighted by Gasteiger charge is 2.18. The van der Waals surface area contributed by atoms with Crippen LogP contribution in [-0.4, -0.2) is 18.0 Å². The Morgan fingerprint density at radius 2 is 1.55 bits per heavy atom. The van der Waals surface area contributed by atoms with Crippen molar-refractivity contribution in [3.05, 3.63) is 71.8 Å². The van der Waals surface area contributed by atoms with Crippen molar-refractivity contribution in [3.63, 3.8) is 0 Å². The Hall–Kier alpha value is -1.64. The largest absolute Gasteiger partial charge is 0.330 e. The van der Waals surface area contributed by atoms with Crippen LogP contribution in [0.15, 0.2) is 60.7 Å². The zero-order valence-corrected chi connectivity index (χ0v) is 12.2. The van der Waals surface area contributed by atoms with Gasteiger partial charge >= 0.3 is 0 Å². The normalized spacial score (nSPS) is 12.6. The quantitative estimate of drug-likeness (QED) is 0.831. The standard InChI is InChI=1S/C18H24N2/c1-2-20(15-16-9-5-3-6-10-16)18(13-14-19)17-11-7-4-8-12-17/h3-12,18H,2,13-15,19H2,1H3. The highest BCUT2D eigenvalue weighted by molar-refractivity contribution is 5.20. The molecule has 0 aliphatic rings. The molecule has 2 nitrogen and oxygen atoms in total. The zero-order valence-electron chi connectivity index (χ0n) is 12.2. The summed E-state index contributed by atoms with van der Waals surface area (Å²) in [6.07, 6.45) is 0.991. The monoisotopic (exact) mass is 268 g/mol. The SMILES string of the molecule is CCN(Cc1ccccc1)C(CCN)c1ccccc1. The summed E-state index contributed by atoms with van der Waals surface area (Å²) in [5.41, 5.74) is 8.54. The van der Waals surface area contributed by atoms with Crippen molar-refractivity contribution < 1.29 is 0 Å². The minimum absolute atomic E-state index is 0.395. The number of hydrogen-bond donors (Lipinski definition) is 1. The first-order valence-corrected chi connectivity index (χ1v) is 7.38. The fourth-order valence-electron chi connectivity index (χ4n) is 2.65. The maximum absolute atomic E-state index is 5.83. The molecule has 20 heavy (non-hydrogen) atoms. The van der Waals surface area contributed by atoms with Gasteiger partial charge in [0, 0.05) is 12.6 Å². The lowest BCUT2D eigenvalue weighted by molar-refractivity contribution is 0.190. The Bertz CT molecular complexity index is 481. The van der Waals surface area contributed by atoms with Crippen LogP contribution in [0.1, 0.15) is 30.5 Å². The maximum Gasteiger partial charge on any atom is 0.0363 e. The molecule has 0 radical (unpaired) electrons. The first-order valence-electron chi connectivity index (χ1n) is 7.38. The summed E-state index contributed by atoms with van der Waals surface area (Å²) in [4.78, 5) is 2.50. The van der Waals surface area contributed by atoms with Crippen LogP contribution in [-0.2, 0) is 6.54 Å². The van der Waals surface area contributed by atoms with E-state index in [1.807, 2.05) is 0 Å². The average Bonchev–Trinajstić information content (AvgIpc) is 2.52. The Morgan fingerprint density at radius 3 is 2.10 bits per heavy atom. The van der Waals surface area contributed by atoms with Gasteiger partial charge in [-0.2, -0.15) is 0 Å². The smallest absolute Gasteiger partial charge is 0.0363 e. The van der Waals surface area contributed by atoms with Crippen molar-refractivity contribution in [1.82, 2.24) is 4.90 Å². The predicted molar refractivity (Wildman–Crippen MR) is 85.4 cm³/mol. The lowest BCUT2D eigenvalue weighted by Crippen LogP contribution is -2.30. The Kier molecular flexibility index (Phi) is 5.78. The third-order valence-corrected chi connectivity index (χ3v) is 3.70. The third-order valence-electron chi connectivity index (χ3n) is 3.70. The van der Waals surface area contributed by atoms with E-state index in [1.54, 1.807) is 0 Å². The highest BCUT2D eigenvalue weighted by Crippen LogP contribution is 2.25. The van der Waals surface area contributed by atoms with E-state index in [-0.39, 0.29) is 0 Å². The number of nitrogens with two attached hydrogens (primary N) is 1.